The molecule has 0 saturated carbocycles. The van der Waals surface area contributed by atoms with E-state index in [0.29, 0.717) is 21.7 Å². The van der Waals surface area contributed by atoms with Crippen LogP contribution in [0, 0.1) is 5.82 Å². The second-order valence-electron chi connectivity index (χ2n) is 3.60. The van der Waals surface area contributed by atoms with Gasteiger partial charge >= 0.3 is 0 Å². The second-order valence-corrected chi connectivity index (χ2v) is 5.63. The number of halogens is 2. The topological polar surface area (TPSA) is 64.3 Å². The first-order valence-electron chi connectivity index (χ1n) is 5.27. The molecule has 0 fully saturated rings. The minimum absolute atomic E-state index is 0.298. The fourth-order valence-electron chi connectivity index (χ4n) is 1.39. The van der Waals surface area contributed by atoms with E-state index in [1.807, 2.05) is 0 Å². The first-order valence-corrected chi connectivity index (χ1v) is 6.88. The van der Waals surface area contributed by atoms with Crippen LogP contribution in [0.4, 0.5) is 4.39 Å². The monoisotopic (exact) mass is 344 g/mol. The number of benzene rings is 1. The Labute approximate surface area is 121 Å². The first-order chi connectivity index (χ1) is 9.10. The van der Waals surface area contributed by atoms with Crippen molar-refractivity contribution in [3.63, 3.8) is 0 Å². The molecule has 7 heteroatoms. The van der Waals surface area contributed by atoms with E-state index >= 15 is 0 Å². The van der Waals surface area contributed by atoms with Crippen molar-refractivity contribution in [2.75, 3.05) is 0 Å². The molecule has 0 saturated heterocycles. The van der Waals surface area contributed by atoms with Gasteiger partial charge in [0.1, 0.15) is 18.2 Å². The van der Waals surface area contributed by atoms with Crippen molar-refractivity contribution < 1.29 is 13.9 Å². The summed E-state index contributed by atoms with van der Waals surface area (Å²) in [6.45, 7) is 0.298. The van der Waals surface area contributed by atoms with E-state index < -0.39 is 0 Å². The molecule has 0 aliphatic rings. The van der Waals surface area contributed by atoms with Crippen LogP contribution in [0.15, 0.2) is 34.8 Å². The number of carbonyl (C=O) groups is 1. The van der Waals surface area contributed by atoms with Gasteiger partial charge in [-0.2, -0.15) is 0 Å². The van der Waals surface area contributed by atoms with Crippen LogP contribution in [0.5, 0.6) is 5.75 Å². The number of nitrogens with two attached hydrogens (primary N) is 1. The molecular weight excluding hydrogens is 335 g/mol. The molecule has 0 unspecified atom stereocenters. The molecule has 1 amide bonds. The lowest BCUT2D eigenvalue weighted by atomic mass is 10.3. The fraction of sp³-hybridized carbons (Fsp3) is 0.0833. The largest absolute Gasteiger partial charge is 0.487 e. The van der Waals surface area contributed by atoms with Gasteiger partial charge < -0.3 is 4.74 Å². The molecule has 0 spiro atoms. The standard InChI is InChI=1S/C12H10BrFN2O2S/c13-9-5-7(14)1-3-10(9)18-6-8-2-4-11(19-8)12(17)16-15/h1-5H,6,15H2,(H,16,17). The summed E-state index contributed by atoms with van der Waals surface area (Å²) < 4.78 is 19.0. The maximum absolute atomic E-state index is 12.9. The minimum Gasteiger partial charge on any atom is -0.487 e. The summed E-state index contributed by atoms with van der Waals surface area (Å²) in [5.41, 5.74) is 2.07. The van der Waals surface area contributed by atoms with Gasteiger partial charge in [0.25, 0.3) is 5.91 Å². The summed E-state index contributed by atoms with van der Waals surface area (Å²) in [5.74, 6) is 4.92. The Morgan fingerprint density at radius 1 is 1.42 bits per heavy atom. The van der Waals surface area contributed by atoms with E-state index in [2.05, 4.69) is 21.4 Å². The van der Waals surface area contributed by atoms with Crippen LogP contribution in [0.25, 0.3) is 0 Å². The molecular formula is C12H10BrFN2O2S. The number of carbonyl (C=O) groups excluding carboxylic acids is 1. The number of ether oxygens (including phenoxy) is 1. The van der Waals surface area contributed by atoms with Crippen LogP contribution in [0.1, 0.15) is 14.5 Å². The maximum Gasteiger partial charge on any atom is 0.275 e. The number of hydrogen-bond acceptors (Lipinski definition) is 4. The smallest absolute Gasteiger partial charge is 0.275 e. The molecule has 3 N–H and O–H groups in total. The number of thiophene rings is 1. The molecule has 1 heterocycles. The summed E-state index contributed by atoms with van der Waals surface area (Å²) in [5, 5.41) is 0. The molecule has 2 rings (SSSR count). The molecule has 1 aromatic carbocycles. The number of hydrazine groups is 1. The third kappa shape index (κ3) is 3.52. The molecule has 2 aromatic rings. The minimum atomic E-state index is -0.336. The zero-order valence-corrected chi connectivity index (χ0v) is 12.1. The summed E-state index contributed by atoms with van der Waals surface area (Å²) in [7, 11) is 0. The molecule has 0 aliphatic heterocycles. The van der Waals surface area contributed by atoms with E-state index in [0.717, 1.165) is 4.88 Å². The van der Waals surface area contributed by atoms with Gasteiger partial charge in [0.05, 0.1) is 9.35 Å². The van der Waals surface area contributed by atoms with Crippen molar-refractivity contribution in [2.45, 2.75) is 6.61 Å². The quantitative estimate of drug-likeness (QED) is 0.509. The van der Waals surface area contributed by atoms with E-state index in [4.69, 9.17) is 10.6 Å². The molecule has 0 radical (unpaired) electrons. The molecule has 0 bridgehead atoms. The van der Waals surface area contributed by atoms with Gasteiger partial charge in [-0.25, -0.2) is 10.2 Å². The number of amides is 1. The Bertz CT molecular complexity index is 603. The van der Waals surface area contributed by atoms with Crippen molar-refractivity contribution >= 4 is 33.2 Å². The summed E-state index contributed by atoms with van der Waals surface area (Å²) in [4.78, 5) is 12.7. The molecule has 19 heavy (non-hydrogen) atoms. The van der Waals surface area contributed by atoms with Crippen LogP contribution < -0.4 is 16.0 Å². The van der Waals surface area contributed by atoms with Crippen LogP contribution >= 0.6 is 27.3 Å². The van der Waals surface area contributed by atoms with Gasteiger partial charge in [-0.3, -0.25) is 10.2 Å². The lowest BCUT2D eigenvalue weighted by Gasteiger charge is -2.06. The molecule has 0 atom stereocenters. The van der Waals surface area contributed by atoms with Gasteiger partial charge in [-0.1, -0.05) is 0 Å². The summed E-state index contributed by atoms with van der Waals surface area (Å²) >= 11 is 4.51. The van der Waals surface area contributed by atoms with Crippen molar-refractivity contribution in [3.05, 3.63) is 50.4 Å². The molecule has 4 nitrogen and oxygen atoms in total. The van der Waals surface area contributed by atoms with Crippen molar-refractivity contribution in [1.29, 1.82) is 0 Å². The number of rotatable bonds is 4. The van der Waals surface area contributed by atoms with E-state index in [-0.39, 0.29) is 11.7 Å². The average molecular weight is 345 g/mol. The van der Waals surface area contributed by atoms with Crippen LogP contribution in [-0.2, 0) is 6.61 Å². The zero-order chi connectivity index (χ0) is 13.8. The van der Waals surface area contributed by atoms with E-state index in [1.165, 1.54) is 23.5 Å². The van der Waals surface area contributed by atoms with Crippen molar-refractivity contribution in [1.82, 2.24) is 5.43 Å². The molecule has 100 valence electrons. The average Bonchev–Trinajstić information content (AvgIpc) is 2.85. The molecule has 0 aliphatic carbocycles. The van der Waals surface area contributed by atoms with Gasteiger partial charge in [-0.15, -0.1) is 11.3 Å². The highest BCUT2D eigenvalue weighted by molar-refractivity contribution is 9.10. The lowest BCUT2D eigenvalue weighted by Crippen LogP contribution is -2.29. The van der Waals surface area contributed by atoms with Gasteiger partial charge in [0.2, 0.25) is 0 Å². The second kappa shape index (κ2) is 6.14. The Morgan fingerprint density at radius 2 is 2.21 bits per heavy atom. The summed E-state index contributed by atoms with van der Waals surface area (Å²) in [6, 6.07) is 7.65. The van der Waals surface area contributed by atoms with Crippen molar-refractivity contribution in [2.24, 2.45) is 5.84 Å². The first kappa shape index (κ1) is 14.0. The number of hydrogen-bond donors (Lipinski definition) is 2. The summed E-state index contributed by atoms with van der Waals surface area (Å²) in [6.07, 6.45) is 0. The van der Waals surface area contributed by atoms with E-state index in [1.54, 1.807) is 18.2 Å². The number of nitrogens with one attached hydrogen (secondary N) is 1. The van der Waals surface area contributed by atoms with Gasteiger partial charge in [0, 0.05) is 4.88 Å². The zero-order valence-electron chi connectivity index (χ0n) is 9.65. The third-order valence-corrected chi connectivity index (χ3v) is 3.96. The molecule has 1 aromatic heterocycles. The van der Waals surface area contributed by atoms with Crippen LogP contribution in [0.3, 0.4) is 0 Å². The van der Waals surface area contributed by atoms with Crippen molar-refractivity contribution in [3.8, 4) is 5.75 Å². The Hall–Kier alpha value is -1.44. The normalized spacial score (nSPS) is 10.3. The van der Waals surface area contributed by atoms with Crippen LogP contribution in [-0.4, -0.2) is 5.91 Å². The van der Waals surface area contributed by atoms with Gasteiger partial charge in [0.15, 0.2) is 0 Å². The Balaban J connectivity index is 2.02. The number of nitrogen functional groups attached to an aromatic ring is 1. The predicted molar refractivity (Wildman–Crippen MR) is 74.4 cm³/mol. The third-order valence-electron chi connectivity index (χ3n) is 2.28. The van der Waals surface area contributed by atoms with Crippen LogP contribution in [0.2, 0.25) is 0 Å². The fourth-order valence-corrected chi connectivity index (χ4v) is 2.68. The van der Waals surface area contributed by atoms with E-state index in [9.17, 15) is 9.18 Å². The highest BCUT2D eigenvalue weighted by atomic mass is 79.9. The maximum atomic E-state index is 12.9. The lowest BCUT2D eigenvalue weighted by molar-refractivity contribution is 0.0957. The highest BCUT2D eigenvalue weighted by Gasteiger charge is 2.09. The van der Waals surface area contributed by atoms with Gasteiger partial charge in [-0.05, 0) is 46.3 Å². The predicted octanol–water partition coefficient (Wildman–Crippen LogP) is 2.83. The Morgan fingerprint density at radius 3 is 2.89 bits per heavy atom. The SMILES string of the molecule is NNC(=O)c1ccc(COc2ccc(F)cc2Br)s1. The highest BCUT2D eigenvalue weighted by Crippen LogP contribution is 2.27. The Kier molecular flexibility index (Phi) is 4.52.